The number of aldehydes is 1. The summed E-state index contributed by atoms with van der Waals surface area (Å²) in [6.45, 7) is 0.1000. The average Bonchev–Trinajstić information content (AvgIpc) is 2.31. The Morgan fingerprint density at radius 3 is 2.76 bits per heavy atom. The molecule has 6 nitrogen and oxygen atoms in total. The summed E-state index contributed by atoms with van der Waals surface area (Å²) in [5.74, 6) is 0.0661. The first-order valence-electron chi connectivity index (χ1n) is 4.77. The van der Waals surface area contributed by atoms with Gasteiger partial charge >= 0.3 is 0 Å². The lowest BCUT2D eigenvalue weighted by Crippen LogP contribution is -2.02. The molecule has 0 saturated carbocycles. The molecule has 1 aromatic carbocycles. The molecule has 0 atom stereocenters. The topological polar surface area (TPSA) is 89.7 Å². The number of carbonyl (C=O) groups excluding carboxylic acids is 1. The van der Waals surface area contributed by atoms with Crippen LogP contribution in [0.1, 0.15) is 16.8 Å². The lowest BCUT2D eigenvalue weighted by molar-refractivity contribution is -0.384. The maximum atomic E-state index is 10.7. The first-order chi connectivity index (χ1) is 8.10. The first-order valence-corrected chi connectivity index (χ1v) is 5.14. The number of carbonyl (C=O) groups is 1. The largest absolute Gasteiger partial charge is 0.492 e. The molecule has 1 rings (SSSR count). The summed E-state index contributed by atoms with van der Waals surface area (Å²) in [5.41, 5.74) is -0.268. The van der Waals surface area contributed by atoms with Gasteiger partial charge in [-0.2, -0.15) is 0 Å². The average molecular weight is 260 g/mol. The Balaban J connectivity index is 3.06. The Labute approximate surface area is 102 Å². The van der Waals surface area contributed by atoms with Gasteiger partial charge in [-0.15, -0.1) is 0 Å². The molecule has 1 aromatic rings. The van der Waals surface area contributed by atoms with Crippen LogP contribution in [0.25, 0.3) is 0 Å². The Morgan fingerprint density at radius 2 is 2.24 bits per heavy atom. The van der Waals surface area contributed by atoms with Gasteiger partial charge in [-0.3, -0.25) is 14.9 Å². The van der Waals surface area contributed by atoms with Crippen LogP contribution in [0.5, 0.6) is 5.75 Å². The molecule has 0 bridgehead atoms. The van der Waals surface area contributed by atoms with Gasteiger partial charge in [0.05, 0.1) is 11.5 Å². The molecule has 0 fully saturated rings. The minimum atomic E-state index is -0.686. The van der Waals surface area contributed by atoms with Crippen molar-refractivity contribution in [2.24, 2.45) is 0 Å². The SMILES string of the molecule is O=Cc1cc(OCCCO)c(Cl)c([N+](=O)[O-])c1. The van der Waals surface area contributed by atoms with Crippen LogP contribution in [0.3, 0.4) is 0 Å². The molecule has 0 aromatic heterocycles. The molecule has 0 saturated heterocycles. The molecule has 1 N–H and O–H groups in total. The van der Waals surface area contributed by atoms with Crippen molar-refractivity contribution in [3.05, 3.63) is 32.8 Å². The third-order valence-corrected chi connectivity index (χ3v) is 2.32. The van der Waals surface area contributed by atoms with Gasteiger partial charge in [-0.05, 0) is 6.07 Å². The van der Waals surface area contributed by atoms with E-state index in [4.69, 9.17) is 21.4 Å². The van der Waals surface area contributed by atoms with Gasteiger partial charge in [0.1, 0.15) is 12.0 Å². The molecule has 0 spiro atoms. The zero-order chi connectivity index (χ0) is 12.8. The fourth-order valence-corrected chi connectivity index (χ4v) is 1.39. The van der Waals surface area contributed by atoms with Crippen molar-refractivity contribution in [3.8, 4) is 5.75 Å². The van der Waals surface area contributed by atoms with Crippen molar-refractivity contribution in [1.29, 1.82) is 0 Å². The fourth-order valence-electron chi connectivity index (χ4n) is 1.16. The van der Waals surface area contributed by atoms with E-state index in [9.17, 15) is 14.9 Å². The van der Waals surface area contributed by atoms with Crippen LogP contribution in [0.4, 0.5) is 5.69 Å². The fraction of sp³-hybridized carbons (Fsp3) is 0.300. The Kier molecular flexibility index (Phi) is 4.86. The minimum Gasteiger partial charge on any atom is -0.492 e. The zero-order valence-electron chi connectivity index (χ0n) is 8.76. The number of hydrogen-bond acceptors (Lipinski definition) is 5. The van der Waals surface area contributed by atoms with Gasteiger partial charge in [-0.1, -0.05) is 11.6 Å². The molecule has 0 radical (unpaired) electrons. The van der Waals surface area contributed by atoms with Crippen molar-refractivity contribution in [3.63, 3.8) is 0 Å². The first kappa shape index (κ1) is 13.4. The summed E-state index contributed by atoms with van der Waals surface area (Å²) in [6.07, 6.45) is 0.845. The number of halogens is 1. The van der Waals surface area contributed by atoms with Gasteiger partial charge in [0.2, 0.25) is 0 Å². The van der Waals surface area contributed by atoms with Crippen LogP contribution in [-0.4, -0.2) is 29.5 Å². The molecule has 92 valence electrons. The van der Waals surface area contributed by atoms with E-state index in [0.29, 0.717) is 12.7 Å². The number of nitro benzene ring substituents is 1. The second-order valence-electron chi connectivity index (χ2n) is 3.15. The normalized spacial score (nSPS) is 10.0. The highest BCUT2D eigenvalue weighted by Crippen LogP contribution is 2.34. The minimum absolute atomic E-state index is 0.0624. The second-order valence-corrected chi connectivity index (χ2v) is 3.53. The second kappa shape index (κ2) is 6.17. The third kappa shape index (κ3) is 3.40. The number of aliphatic hydroxyl groups excluding tert-OH is 1. The summed E-state index contributed by atoms with van der Waals surface area (Å²) < 4.78 is 5.16. The molecule has 0 unspecified atom stereocenters. The summed E-state index contributed by atoms with van der Waals surface area (Å²) in [7, 11) is 0. The Hall–Kier alpha value is -1.66. The number of nitro groups is 1. The van der Waals surface area contributed by atoms with Gasteiger partial charge in [0, 0.05) is 24.7 Å². The third-order valence-electron chi connectivity index (χ3n) is 1.94. The van der Waals surface area contributed by atoms with Crippen molar-refractivity contribution >= 4 is 23.6 Å². The zero-order valence-corrected chi connectivity index (χ0v) is 9.51. The quantitative estimate of drug-likeness (QED) is 0.364. The van der Waals surface area contributed by atoms with Crippen LogP contribution in [-0.2, 0) is 0 Å². The molecule has 0 aliphatic heterocycles. The van der Waals surface area contributed by atoms with E-state index in [1.807, 2.05) is 0 Å². The van der Waals surface area contributed by atoms with E-state index in [0.717, 1.165) is 6.07 Å². The lowest BCUT2D eigenvalue weighted by atomic mass is 10.2. The van der Waals surface area contributed by atoms with Crippen molar-refractivity contribution in [2.45, 2.75) is 6.42 Å². The highest BCUT2D eigenvalue weighted by molar-refractivity contribution is 6.34. The predicted molar refractivity (Wildman–Crippen MR) is 60.7 cm³/mol. The van der Waals surface area contributed by atoms with Crippen LogP contribution < -0.4 is 4.74 Å². The summed E-state index contributed by atoms with van der Waals surface area (Å²) in [5, 5.41) is 19.1. The Bertz CT molecular complexity index is 435. The number of rotatable bonds is 6. The standard InChI is InChI=1S/C10H10ClNO5/c11-10-8(12(15)16)4-7(6-14)5-9(10)17-3-1-2-13/h4-6,13H,1-3H2. The number of aliphatic hydroxyl groups is 1. The van der Waals surface area contributed by atoms with E-state index in [2.05, 4.69) is 0 Å². The van der Waals surface area contributed by atoms with Crippen LogP contribution in [0, 0.1) is 10.1 Å². The highest BCUT2D eigenvalue weighted by atomic mass is 35.5. The summed E-state index contributed by atoms with van der Waals surface area (Å²) in [4.78, 5) is 20.6. The van der Waals surface area contributed by atoms with E-state index in [-0.39, 0.29) is 35.2 Å². The number of hydrogen-bond donors (Lipinski definition) is 1. The van der Waals surface area contributed by atoms with Crippen LogP contribution in [0.15, 0.2) is 12.1 Å². The van der Waals surface area contributed by atoms with Crippen molar-refractivity contribution < 1.29 is 19.6 Å². The van der Waals surface area contributed by atoms with Gasteiger partial charge in [-0.25, -0.2) is 0 Å². The van der Waals surface area contributed by atoms with Crippen molar-refractivity contribution in [1.82, 2.24) is 0 Å². The van der Waals surface area contributed by atoms with Gasteiger partial charge in [0.15, 0.2) is 5.02 Å². The van der Waals surface area contributed by atoms with E-state index in [1.54, 1.807) is 0 Å². The van der Waals surface area contributed by atoms with Crippen molar-refractivity contribution in [2.75, 3.05) is 13.2 Å². The molecule has 0 aliphatic rings. The molecular weight excluding hydrogens is 250 g/mol. The molecule has 17 heavy (non-hydrogen) atoms. The Morgan fingerprint density at radius 1 is 1.53 bits per heavy atom. The van der Waals surface area contributed by atoms with E-state index < -0.39 is 4.92 Å². The molecule has 0 heterocycles. The van der Waals surface area contributed by atoms with E-state index >= 15 is 0 Å². The van der Waals surface area contributed by atoms with Gasteiger partial charge in [0.25, 0.3) is 5.69 Å². The number of ether oxygens (including phenoxy) is 1. The molecule has 0 aliphatic carbocycles. The smallest absolute Gasteiger partial charge is 0.292 e. The van der Waals surface area contributed by atoms with Crippen LogP contribution >= 0.6 is 11.6 Å². The molecule has 0 amide bonds. The van der Waals surface area contributed by atoms with Gasteiger partial charge < -0.3 is 9.84 Å². The predicted octanol–water partition coefficient (Wildman–Crippen LogP) is 1.82. The van der Waals surface area contributed by atoms with Crippen LogP contribution in [0.2, 0.25) is 5.02 Å². The molecular formula is C10H10ClNO5. The summed E-state index contributed by atoms with van der Waals surface area (Å²) >= 11 is 5.77. The monoisotopic (exact) mass is 259 g/mol. The highest BCUT2D eigenvalue weighted by Gasteiger charge is 2.18. The molecule has 7 heteroatoms. The van der Waals surface area contributed by atoms with E-state index in [1.165, 1.54) is 6.07 Å². The number of nitrogens with zero attached hydrogens (tertiary/aromatic N) is 1. The lowest BCUT2D eigenvalue weighted by Gasteiger charge is -2.08. The maximum Gasteiger partial charge on any atom is 0.292 e. The summed E-state index contributed by atoms with van der Waals surface area (Å²) in [6, 6.07) is 2.40. The number of benzene rings is 1. The maximum absolute atomic E-state index is 10.7.